The Bertz CT molecular complexity index is 491. The Kier molecular flexibility index (Phi) is 5.92. The van der Waals surface area contributed by atoms with E-state index in [0.717, 1.165) is 0 Å². The third kappa shape index (κ3) is 3.92. The van der Waals surface area contributed by atoms with Gasteiger partial charge in [-0.05, 0) is 19.1 Å². The van der Waals surface area contributed by atoms with Crippen molar-refractivity contribution in [1.82, 2.24) is 4.90 Å². The van der Waals surface area contributed by atoms with Gasteiger partial charge < -0.3 is 15.0 Å². The molecule has 0 atom stereocenters. The highest BCUT2D eigenvalue weighted by atomic mass is 16.6. The highest BCUT2D eigenvalue weighted by Gasteiger charge is 2.18. The first-order valence-corrected chi connectivity index (χ1v) is 6.30. The lowest BCUT2D eigenvalue weighted by Gasteiger charge is -2.17. The van der Waals surface area contributed by atoms with Crippen LogP contribution in [0.3, 0.4) is 0 Å². The van der Waals surface area contributed by atoms with Crippen molar-refractivity contribution in [3.63, 3.8) is 0 Å². The van der Waals surface area contributed by atoms with E-state index >= 15 is 0 Å². The molecule has 0 saturated heterocycles. The van der Waals surface area contributed by atoms with Gasteiger partial charge in [-0.3, -0.25) is 14.9 Å². The largest absolute Gasteiger partial charge is 0.383 e. The number of hydrogen-bond donors (Lipinski definition) is 1. The molecule has 1 aromatic carbocycles. The molecule has 7 nitrogen and oxygen atoms in total. The fourth-order valence-electron chi connectivity index (χ4n) is 1.69. The average molecular weight is 281 g/mol. The van der Waals surface area contributed by atoms with Crippen LogP contribution >= 0.6 is 0 Å². The molecule has 0 heterocycles. The maximum Gasteiger partial charge on any atom is 0.293 e. The minimum Gasteiger partial charge on any atom is -0.383 e. The lowest BCUT2D eigenvalue weighted by atomic mass is 10.1. The summed E-state index contributed by atoms with van der Waals surface area (Å²) in [5.41, 5.74) is 0.551. The second-order valence-electron chi connectivity index (χ2n) is 4.16. The number of carbonyl (C=O) groups excluding carboxylic acids is 1. The van der Waals surface area contributed by atoms with E-state index in [4.69, 9.17) is 4.74 Å². The number of nitrogens with zero attached hydrogens (tertiary/aromatic N) is 2. The molecule has 1 amide bonds. The van der Waals surface area contributed by atoms with Gasteiger partial charge in [0.2, 0.25) is 0 Å². The number of likely N-dealkylation sites (N-methyl/N-ethyl adjacent to an activating group) is 1. The van der Waals surface area contributed by atoms with Crippen LogP contribution in [-0.4, -0.2) is 49.6 Å². The summed E-state index contributed by atoms with van der Waals surface area (Å²) >= 11 is 0. The van der Waals surface area contributed by atoms with Crippen LogP contribution in [0.25, 0.3) is 0 Å². The SMILES string of the molecule is CCOCCN(C)C(=O)c1ccc(NC)c([N+](=O)[O-])c1. The molecule has 0 aliphatic rings. The van der Waals surface area contributed by atoms with Crippen LogP contribution < -0.4 is 5.32 Å². The minimum absolute atomic E-state index is 0.114. The monoisotopic (exact) mass is 281 g/mol. The Morgan fingerprint density at radius 1 is 1.50 bits per heavy atom. The summed E-state index contributed by atoms with van der Waals surface area (Å²) in [6, 6.07) is 4.38. The van der Waals surface area contributed by atoms with Gasteiger partial charge in [0.15, 0.2) is 0 Å². The Morgan fingerprint density at radius 2 is 2.20 bits per heavy atom. The van der Waals surface area contributed by atoms with Crippen molar-refractivity contribution in [2.75, 3.05) is 39.2 Å². The van der Waals surface area contributed by atoms with Crippen molar-refractivity contribution in [2.24, 2.45) is 0 Å². The zero-order chi connectivity index (χ0) is 15.1. The van der Waals surface area contributed by atoms with Crippen molar-refractivity contribution in [3.05, 3.63) is 33.9 Å². The van der Waals surface area contributed by atoms with Crippen molar-refractivity contribution in [2.45, 2.75) is 6.92 Å². The van der Waals surface area contributed by atoms with Crippen molar-refractivity contribution in [1.29, 1.82) is 0 Å². The number of benzene rings is 1. The van der Waals surface area contributed by atoms with Crippen LogP contribution in [0.15, 0.2) is 18.2 Å². The lowest BCUT2D eigenvalue weighted by Crippen LogP contribution is -2.30. The summed E-state index contributed by atoms with van der Waals surface area (Å²) < 4.78 is 5.18. The minimum atomic E-state index is -0.511. The Morgan fingerprint density at radius 3 is 2.75 bits per heavy atom. The summed E-state index contributed by atoms with van der Waals surface area (Å²) in [4.78, 5) is 24.1. The number of amides is 1. The van der Waals surface area contributed by atoms with Gasteiger partial charge in [-0.25, -0.2) is 0 Å². The molecule has 1 aromatic rings. The van der Waals surface area contributed by atoms with Gasteiger partial charge in [0.25, 0.3) is 11.6 Å². The summed E-state index contributed by atoms with van der Waals surface area (Å²) in [6.07, 6.45) is 0. The average Bonchev–Trinajstić information content (AvgIpc) is 2.45. The van der Waals surface area contributed by atoms with Gasteiger partial charge in [-0.1, -0.05) is 0 Å². The second kappa shape index (κ2) is 7.44. The predicted molar refractivity (Wildman–Crippen MR) is 76.1 cm³/mol. The molecule has 110 valence electrons. The number of hydrogen-bond acceptors (Lipinski definition) is 5. The molecular formula is C13H19N3O4. The Labute approximate surface area is 117 Å². The van der Waals surface area contributed by atoms with Gasteiger partial charge in [0.1, 0.15) is 5.69 Å². The van der Waals surface area contributed by atoms with Crippen LogP contribution in [0.4, 0.5) is 11.4 Å². The Balaban J connectivity index is 2.88. The maximum absolute atomic E-state index is 12.1. The van der Waals surface area contributed by atoms with E-state index in [1.165, 1.54) is 17.0 Å². The molecular weight excluding hydrogens is 262 g/mol. The topological polar surface area (TPSA) is 84.7 Å². The molecule has 0 bridgehead atoms. The zero-order valence-electron chi connectivity index (χ0n) is 11.9. The maximum atomic E-state index is 12.1. The molecule has 20 heavy (non-hydrogen) atoms. The first-order chi connectivity index (χ1) is 9.51. The summed E-state index contributed by atoms with van der Waals surface area (Å²) in [5, 5.41) is 13.7. The van der Waals surface area contributed by atoms with Gasteiger partial charge in [-0.15, -0.1) is 0 Å². The first-order valence-electron chi connectivity index (χ1n) is 6.30. The van der Waals surface area contributed by atoms with Gasteiger partial charge in [0.05, 0.1) is 11.5 Å². The van der Waals surface area contributed by atoms with Crippen molar-refractivity contribution in [3.8, 4) is 0 Å². The number of anilines is 1. The van der Waals surface area contributed by atoms with Crippen molar-refractivity contribution >= 4 is 17.3 Å². The number of nitrogens with one attached hydrogen (secondary N) is 1. The van der Waals surface area contributed by atoms with Gasteiger partial charge >= 0.3 is 0 Å². The first kappa shape index (κ1) is 15.9. The number of carbonyl (C=O) groups is 1. The number of nitro groups is 1. The molecule has 7 heteroatoms. The number of ether oxygens (including phenoxy) is 1. The smallest absolute Gasteiger partial charge is 0.293 e. The third-order valence-corrected chi connectivity index (χ3v) is 2.83. The molecule has 0 saturated carbocycles. The molecule has 1 N–H and O–H groups in total. The standard InChI is InChI=1S/C13H19N3O4/c1-4-20-8-7-15(3)13(17)10-5-6-11(14-2)12(9-10)16(18)19/h5-6,9,14H,4,7-8H2,1-3H3. The van der Waals surface area contributed by atoms with E-state index in [-0.39, 0.29) is 17.2 Å². The molecule has 0 aliphatic carbocycles. The predicted octanol–water partition coefficient (Wildman–Crippen LogP) is 1.75. The van der Waals surface area contributed by atoms with Gasteiger partial charge in [0, 0.05) is 38.9 Å². The highest BCUT2D eigenvalue weighted by molar-refractivity contribution is 5.95. The number of rotatable bonds is 7. The van der Waals surface area contributed by atoms with Gasteiger partial charge in [-0.2, -0.15) is 0 Å². The third-order valence-electron chi connectivity index (χ3n) is 2.83. The van der Waals surface area contributed by atoms with E-state index in [1.54, 1.807) is 20.2 Å². The molecule has 0 radical (unpaired) electrons. The summed E-state index contributed by atoms with van der Waals surface area (Å²) in [7, 11) is 3.23. The molecule has 0 fully saturated rings. The van der Waals surface area contributed by atoms with E-state index in [0.29, 0.717) is 25.4 Å². The zero-order valence-corrected chi connectivity index (χ0v) is 11.9. The molecule has 0 spiro atoms. The summed E-state index contributed by atoms with van der Waals surface area (Å²) in [6.45, 7) is 3.34. The molecule has 0 unspecified atom stereocenters. The van der Waals surface area contributed by atoms with E-state index in [2.05, 4.69) is 5.32 Å². The Hall–Kier alpha value is -2.15. The normalized spacial score (nSPS) is 10.2. The van der Waals surface area contributed by atoms with E-state index in [1.807, 2.05) is 6.92 Å². The fourth-order valence-corrected chi connectivity index (χ4v) is 1.69. The highest BCUT2D eigenvalue weighted by Crippen LogP contribution is 2.25. The van der Waals surface area contributed by atoms with E-state index < -0.39 is 4.92 Å². The quantitative estimate of drug-likeness (QED) is 0.467. The fraction of sp³-hybridized carbons (Fsp3) is 0.462. The van der Waals surface area contributed by atoms with Crippen LogP contribution in [0.2, 0.25) is 0 Å². The molecule has 0 aliphatic heterocycles. The second-order valence-corrected chi connectivity index (χ2v) is 4.16. The van der Waals surface area contributed by atoms with Crippen LogP contribution in [0.5, 0.6) is 0 Å². The number of nitro benzene ring substituents is 1. The van der Waals surface area contributed by atoms with Crippen molar-refractivity contribution < 1.29 is 14.5 Å². The molecule has 0 aromatic heterocycles. The van der Waals surface area contributed by atoms with Crippen LogP contribution in [-0.2, 0) is 4.74 Å². The molecule has 1 rings (SSSR count). The van der Waals surface area contributed by atoms with Crippen LogP contribution in [0.1, 0.15) is 17.3 Å². The van der Waals surface area contributed by atoms with Crippen LogP contribution in [0, 0.1) is 10.1 Å². The summed E-state index contributed by atoms with van der Waals surface area (Å²) in [5.74, 6) is -0.268. The van der Waals surface area contributed by atoms with E-state index in [9.17, 15) is 14.9 Å². The lowest BCUT2D eigenvalue weighted by molar-refractivity contribution is -0.384.